The Morgan fingerprint density at radius 2 is 0.766 bits per heavy atom. The highest BCUT2D eigenvalue weighted by Gasteiger charge is 2.37. The van der Waals surface area contributed by atoms with Crippen LogP contribution >= 0.6 is 7.44 Å². The van der Waals surface area contributed by atoms with E-state index in [1.807, 2.05) is 103 Å². The molecule has 0 atom stereocenters. The largest absolute Gasteiger partial charge is 0.319 e. The highest BCUT2D eigenvalue weighted by molar-refractivity contribution is 7.69. The molecule has 6 aromatic carbocycles. The first kappa shape index (κ1) is 27.4. The Hall–Kier alpha value is -5.90. The fourth-order valence-electron chi connectivity index (χ4n) is 6.95. The van der Waals surface area contributed by atoms with Gasteiger partial charge in [-0.2, -0.15) is 0 Å². The van der Waals surface area contributed by atoms with Crippen LogP contribution in [0, 0.1) is 0 Å². The van der Waals surface area contributed by atoms with Crippen LogP contribution < -0.4 is 10.3 Å². The Bertz CT molecular complexity index is 2360. The number of pyridine rings is 1. The van der Waals surface area contributed by atoms with E-state index in [4.69, 9.17) is 4.98 Å². The summed E-state index contributed by atoms with van der Waals surface area (Å²) in [6.07, 6.45) is 0. The minimum Gasteiger partial charge on any atom is -0.295 e. The highest BCUT2D eigenvalue weighted by atomic mass is 31.2. The zero-order valence-corrected chi connectivity index (χ0v) is 26.3. The number of hydrogen-bond acceptors (Lipinski definition) is 3. The first-order chi connectivity index (χ1) is 23.2. The van der Waals surface area contributed by atoms with Gasteiger partial charge in [-0.1, -0.05) is 115 Å². The molecule has 0 saturated carbocycles. The van der Waals surface area contributed by atoms with Crippen LogP contribution in [0.25, 0.3) is 43.6 Å². The molecule has 0 saturated heterocycles. The minimum absolute atomic E-state index is 0.491. The van der Waals surface area contributed by atoms with Gasteiger partial charge in [0.25, 0.3) is 0 Å². The van der Waals surface area contributed by atoms with Gasteiger partial charge < -0.3 is 0 Å². The Balaban J connectivity index is 1.42. The third kappa shape index (κ3) is 4.17. The van der Waals surface area contributed by atoms with Gasteiger partial charge in [0.2, 0.25) is 0 Å². The quantitative estimate of drug-likeness (QED) is 0.173. The van der Waals surface area contributed by atoms with Crippen LogP contribution in [0.15, 0.2) is 176 Å². The lowest BCUT2D eigenvalue weighted by atomic mass is 10.2. The van der Waals surface area contributed by atoms with Crippen molar-refractivity contribution in [2.24, 2.45) is 0 Å². The van der Waals surface area contributed by atoms with Gasteiger partial charge >= 0.3 is 7.44 Å². The summed E-state index contributed by atoms with van der Waals surface area (Å²) < 4.78 is 21.0. The van der Waals surface area contributed by atoms with Crippen LogP contribution in [0.5, 0.6) is 0 Å². The number of anilines is 3. The molecule has 6 heteroatoms. The number of hydrogen-bond donors (Lipinski definition) is 0. The molecule has 47 heavy (non-hydrogen) atoms. The van der Waals surface area contributed by atoms with Crippen molar-refractivity contribution in [3.8, 4) is 0 Å². The monoisotopic (exact) mass is 624 g/mol. The third-order valence-electron chi connectivity index (χ3n) is 8.93. The number of nitrogens with zero attached hydrogens (tertiary/aromatic N) is 4. The van der Waals surface area contributed by atoms with Gasteiger partial charge in [-0.3, -0.25) is 18.1 Å². The topological polar surface area (TPSA) is 43.1 Å². The molecule has 3 aromatic heterocycles. The van der Waals surface area contributed by atoms with E-state index < -0.39 is 7.44 Å². The van der Waals surface area contributed by atoms with Crippen LogP contribution in [-0.4, -0.2) is 13.7 Å². The molecular formula is C41H29N4OP. The Morgan fingerprint density at radius 1 is 0.404 bits per heavy atom. The molecule has 0 spiro atoms. The van der Waals surface area contributed by atoms with Gasteiger partial charge in [0.1, 0.15) is 11.3 Å². The predicted octanol–water partition coefficient (Wildman–Crippen LogP) is 10.7. The van der Waals surface area contributed by atoms with Gasteiger partial charge in [0.15, 0.2) is 0 Å². The van der Waals surface area contributed by atoms with E-state index in [9.17, 15) is 0 Å². The smallest absolute Gasteiger partial charge is 0.295 e. The van der Waals surface area contributed by atoms with Gasteiger partial charge in [-0.25, -0.2) is 4.98 Å². The Kier molecular flexibility index (Phi) is 6.34. The predicted molar refractivity (Wildman–Crippen MR) is 196 cm³/mol. The molecule has 0 radical (unpaired) electrons. The number of benzene rings is 6. The fourth-order valence-corrected chi connectivity index (χ4v) is 9.92. The molecule has 9 aromatic rings. The normalized spacial score (nSPS) is 11.9. The molecule has 0 aliphatic heterocycles. The molecule has 3 heterocycles. The van der Waals surface area contributed by atoms with Crippen LogP contribution in [0.1, 0.15) is 0 Å². The van der Waals surface area contributed by atoms with Crippen LogP contribution in [0.4, 0.5) is 17.2 Å². The highest BCUT2D eigenvalue weighted by Crippen LogP contribution is 2.56. The van der Waals surface area contributed by atoms with Crippen LogP contribution in [-0.2, 0) is 4.57 Å². The molecule has 0 bridgehead atoms. The van der Waals surface area contributed by atoms with E-state index >= 15 is 4.57 Å². The summed E-state index contributed by atoms with van der Waals surface area (Å²) in [5, 5.41) is 4.21. The summed E-state index contributed by atoms with van der Waals surface area (Å²) in [5.74, 6) is 0.682. The molecule has 0 unspecified atom stereocenters. The van der Waals surface area contributed by atoms with Crippen molar-refractivity contribution < 1.29 is 4.57 Å². The minimum atomic E-state index is -3.82. The van der Waals surface area contributed by atoms with Gasteiger partial charge in [-0.15, -0.1) is 0 Å². The van der Waals surface area contributed by atoms with Crippen LogP contribution in [0.3, 0.4) is 0 Å². The van der Waals surface area contributed by atoms with Crippen molar-refractivity contribution in [1.29, 1.82) is 0 Å². The first-order valence-corrected chi connectivity index (χ1v) is 17.3. The number of aromatic nitrogens is 3. The SMILES string of the molecule is O=P(c1cccc(N(c2ccccc2)c2ccccc2)n1)(n1c2ccccc2c2ccccc21)n1c2ccccc2c2ccccc21. The molecule has 224 valence electrons. The van der Waals surface area contributed by atoms with Gasteiger partial charge in [0.05, 0.1) is 22.1 Å². The molecule has 0 N–H and O–H groups in total. The van der Waals surface area contributed by atoms with Gasteiger partial charge in [-0.05, 0) is 60.7 Å². The summed E-state index contributed by atoms with van der Waals surface area (Å²) in [4.78, 5) is 7.47. The van der Waals surface area contributed by atoms with Crippen molar-refractivity contribution in [2.75, 3.05) is 4.90 Å². The average Bonchev–Trinajstić information content (AvgIpc) is 3.67. The third-order valence-corrected chi connectivity index (χ3v) is 11.7. The van der Waals surface area contributed by atoms with Crippen molar-refractivity contribution >= 4 is 73.7 Å². The maximum Gasteiger partial charge on any atom is 0.319 e. The lowest BCUT2D eigenvalue weighted by molar-refractivity contribution is 0.572. The second-order valence-electron chi connectivity index (χ2n) is 11.6. The first-order valence-electron chi connectivity index (χ1n) is 15.7. The van der Waals surface area contributed by atoms with E-state index in [-0.39, 0.29) is 0 Å². The number of rotatable bonds is 6. The molecule has 0 aliphatic rings. The second-order valence-corrected chi connectivity index (χ2v) is 13.9. The summed E-state index contributed by atoms with van der Waals surface area (Å²) in [5.41, 5.74) is 6.01. The van der Waals surface area contributed by atoms with E-state index in [1.165, 1.54) is 0 Å². The van der Waals surface area contributed by atoms with Crippen molar-refractivity contribution in [3.63, 3.8) is 0 Å². The maximum atomic E-state index is 16.9. The van der Waals surface area contributed by atoms with Crippen molar-refractivity contribution in [3.05, 3.63) is 176 Å². The molecule has 9 rings (SSSR count). The molecular weight excluding hydrogens is 595 g/mol. The summed E-state index contributed by atoms with van der Waals surface area (Å²) in [6, 6.07) is 59.3. The van der Waals surface area contributed by atoms with E-state index in [0.717, 1.165) is 55.0 Å². The lowest BCUT2D eigenvalue weighted by Gasteiger charge is -2.28. The number of fused-ring (bicyclic) bond motifs is 6. The summed E-state index contributed by atoms with van der Waals surface area (Å²) in [7, 11) is -3.82. The van der Waals surface area contributed by atoms with E-state index in [2.05, 4.69) is 86.4 Å². The summed E-state index contributed by atoms with van der Waals surface area (Å²) >= 11 is 0. The molecule has 0 fully saturated rings. The Morgan fingerprint density at radius 3 is 1.17 bits per heavy atom. The fraction of sp³-hybridized carbons (Fsp3) is 0. The zero-order valence-electron chi connectivity index (χ0n) is 25.4. The lowest BCUT2D eigenvalue weighted by Crippen LogP contribution is -2.23. The zero-order chi connectivity index (χ0) is 31.4. The second kappa shape index (κ2) is 10.9. The molecule has 0 aliphatic carbocycles. The van der Waals surface area contributed by atoms with Crippen molar-refractivity contribution in [1.82, 2.24) is 13.7 Å². The Labute approximate surface area is 272 Å². The molecule has 5 nitrogen and oxygen atoms in total. The van der Waals surface area contributed by atoms with E-state index in [0.29, 0.717) is 11.3 Å². The summed E-state index contributed by atoms with van der Waals surface area (Å²) in [6.45, 7) is 0. The van der Waals surface area contributed by atoms with Gasteiger partial charge in [0, 0.05) is 32.9 Å². The van der Waals surface area contributed by atoms with E-state index in [1.54, 1.807) is 0 Å². The maximum absolute atomic E-state index is 16.9. The van der Waals surface area contributed by atoms with Crippen LogP contribution in [0.2, 0.25) is 0 Å². The standard InChI is InChI=1S/C41H29N4OP/c46-47(44-36-24-11-7-20-32(36)33-21-8-12-25-37(33)44,45-38-26-13-9-22-34(38)35-23-10-14-27-39(35)45)41-29-15-28-40(42-41)43(30-16-3-1-4-17-30)31-18-5-2-6-19-31/h1-29H. The number of para-hydroxylation sites is 6. The van der Waals surface area contributed by atoms with Crippen molar-refractivity contribution in [2.45, 2.75) is 0 Å². The molecule has 0 amide bonds. The average molecular weight is 625 g/mol.